The first-order valence-electron chi connectivity index (χ1n) is 12.7. The summed E-state index contributed by atoms with van der Waals surface area (Å²) in [5.74, 6) is -0.218. The number of carbonyl (C=O) groups excluding carboxylic acids is 1. The molecular formula is C26H44KNO5S. The minimum Gasteiger partial charge on any atom is -0.744 e. The third-order valence-corrected chi connectivity index (χ3v) is 6.61. The van der Waals surface area contributed by atoms with Crippen LogP contribution in [0, 0.1) is 0 Å². The van der Waals surface area contributed by atoms with Gasteiger partial charge >= 0.3 is 51.4 Å². The van der Waals surface area contributed by atoms with Gasteiger partial charge in [-0.3, -0.25) is 4.79 Å². The second kappa shape index (κ2) is 20.3. The summed E-state index contributed by atoms with van der Waals surface area (Å²) in [6.45, 7) is 2.74. The number of carbonyl (C=O) groups is 1. The monoisotopic (exact) mass is 521 g/mol. The topological polar surface area (TPSA) is 86.7 Å². The number of Topliss-reactive ketones (excluding diaryl/α,β-unsaturated/α-hetero) is 1. The average molecular weight is 522 g/mol. The van der Waals surface area contributed by atoms with Crippen molar-refractivity contribution in [2.45, 2.75) is 102 Å². The van der Waals surface area contributed by atoms with Crippen molar-refractivity contribution in [3.8, 4) is 5.75 Å². The van der Waals surface area contributed by atoms with Gasteiger partial charge in [0.1, 0.15) is 15.9 Å². The van der Waals surface area contributed by atoms with Gasteiger partial charge in [-0.05, 0) is 38.7 Å². The summed E-state index contributed by atoms with van der Waals surface area (Å²) in [6.07, 6.45) is 17.6. The van der Waals surface area contributed by atoms with Crippen molar-refractivity contribution in [2.75, 3.05) is 27.2 Å². The van der Waals surface area contributed by atoms with Crippen molar-refractivity contribution in [1.29, 1.82) is 0 Å². The molecule has 0 unspecified atom stereocenters. The standard InChI is InChI=1S/C26H45NO5S.K/c1-4-5-6-7-8-9-10-11-12-13-14-15-16-17-20-32-25-19-18-23(24(28)22-27(2)3)21-26(25)33(29,30)31;/h18-19,21H,4-17,20,22H2,1-3H3,(H,29,30,31);/q;+1/p-1. The average Bonchev–Trinajstić information content (AvgIpc) is 2.75. The van der Waals surface area contributed by atoms with Gasteiger partial charge in [-0.1, -0.05) is 90.4 Å². The van der Waals surface area contributed by atoms with Crippen LogP contribution in [0.1, 0.15) is 107 Å². The molecule has 0 aliphatic rings. The quantitative estimate of drug-likeness (QED) is 0.113. The summed E-state index contributed by atoms with van der Waals surface area (Å²) in [7, 11) is -1.24. The zero-order valence-electron chi connectivity index (χ0n) is 21.9. The summed E-state index contributed by atoms with van der Waals surface area (Å²) in [5, 5.41) is 0. The molecule has 0 amide bonds. The molecule has 1 aromatic rings. The fourth-order valence-corrected chi connectivity index (χ4v) is 4.50. The number of likely N-dealkylation sites (N-methyl/N-ethyl adjacent to an activating group) is 1. The van der Waals surface area contributed by atoms with Crippen LogP contribution in [-0.2, 0) is 10.1 Å². The number of unbranched alkanes of at least 4 members (excludes halogenated alkanes) is 13. The van der Waals surface area contributed by atoms with Crippen LogP contribution in [0.25, 0.3) is 0 Å². The number of rotatable bonds is 20. The molecule has 1 rings (SSSR count). The van der Waals surface area contributed by atoms with Crippen LogP contribution in [0.4, 0.5) is 0 Å². The van der Waals surface area contributed by atoms with Crippen molar-refractivity contribution in [3.63, 3.8) is 0 Å². The Morgan fingerprint density at radius 2 is 1.32 bits per heavy atom. The second-order valence-electron chi connectivity index (χ2n) is 9.22. The van der Waals surface area contributed by atoms with E-state index in [4.69, 9.17) is 4.74 Å². The van der Waals surface area contributed by atoms with Crippen LogP contribution < -0.4 is 56.1 Å². The molecule has 1 aromatic carbocycles. The normalized spacial score (nSPS) is 11.4. The molecule has 0 N–H and O–H groups in total. The predicted molar refractivity (Wildman–Crippen MR) is 133 cm³/mol. The van der Waals surface area contributed by atoms with Crippen LogP contribution in [0.15, 0.2) is 23.1 Å². The van der Waals surface area contributed by atoms with E-state index >= 15 is 0 Å². The Kier molecular flexibility index (Phi) is 20.4. The third-order valence-electron chi connectivity index (χ3n) is 5.75. The molecule has 0 aromatic heterocycles. The maximum atomic E-state index is 12.2. The minimum atomic E-state index is -4.73. The summed E-state index contributed by atoms with van der Waals surface area (Å²) < 4.78 is 40.5. The molecule has 0 saturated carbocycles. The number of ketones is 1. The molecule has 8 heteroatoms. The van der Waals surface area contributed by atoms with Gasteiger partial charge in [0.15, 0.2) is 5.78 Å². The van der Waals surface area contributed by atoms with E-state index in [9.17, 15) is 17.8 Å². The summed E-state index contributed by atoms with van der Waals surface area (Å²) >= 11 is 0. The molecule has 0 fully saturated rings. The Morgan fingerprint density at radius 3 is 1.76 bits per heavy atom. The van der Waals surface area contributed by atoms with Crippen molar-refractivity contribution >= 4 is 15.9 Å². The third kappa shape index (κ3) is 16.0. The predicted octanol–water partition coefficient (Wildman–Crippen LogP) is 3.20. The van der Waals surface area contributed by atoms with Gasteiger partial charge in [0, 0.05) is 5.56 Å². The molecule has 0 aliphatic carbocycles. The number of nitrogens with zero attached hydrogens (tertiary/aromatic N) is 1. The summed E-state index contributed by atoms with van der Waals surface area (Å²) in [5.41, 5.74) is 0.196. The van der Waals surface area contributed by atoms with E-state index in [1.54, 1.807) is 19.0 Å². The Labute approximate surface area is 250 Å². The van der Waals surface area contributed by atoms with Crippen LogP contribution >= 0.6 is 0 Å². The van der Waals surface area contributed by atoms with Gasteiger partial charge in [0.2, 0.25) is 0 Å². The number of benzene rings is 1. The maximum absolute atomic E-state index is 12.2. The fourth-order valence-electron chi connectivity index (χ4n) is 3.85. The first-order chi connectivity index (χ1) is 15.8. The van der Waals surface area contributed by atoms with E-state index in [2.05, 4.69) is 6.92 Å². The van der Waals surface area contributed by atoms with Gasteiger partial charge in [0.25, 0.3) is 0 Å². The molecule has 0 bridgehead atoms. The van der Waals surface area contributed by atoms with E-state index in [-0.39, 0.29) is 75.0 Å². The van der Waals surface area contributed by atoms with E-state index in [1.807, 2.05) is 0 Å². The van der Waals surface area contributed by atoms with Gasteiger partial charge in [-0.15, -0.1) is 0 Å². The Morgan fingerprint density at radius 1 is 0.853 bits per heavy atom. The number of hydrogen-bond donors (Lipinski definition) is 0. The number of ether oxygens (including phenoxy) is 1. The molecule has 190 valence electrons. The van der Waals surface area contributed by atoms with Crippen LogP contribution in [0.5, 0.6) is 5.75 Å². The molecule has 0 spiro atoms. The van der Waals surface area contributed by atoms with Gasteiger partial charge in [0.05, 0.1) is 18.0 Å². The summed E-state index contributed by atoms with van der Waals surface area (Å²) in [4.78, 5) is 13.4. The van der Waals surface area contributed by atoms with E-state index in [0.717, 1.165) is 25.3 Å². The summed E-state index contributed by atoms with van der Waals surface area (Å²) in [6, 6.07) is 4.06. The first kappa shape index (κ1) is 34.2. The second-order valence-corrected chi connectivity index (χ2v) is 10.6. The van der Waals surface area contributed by atoms with Crippen molar-refractivity contribution < 1.29 is 73.9 Å². The largest absolute Gasteiger partial charge is 1.00 e. The van der Waals surface area contributed by atoms with E-state index in [1.165, 1.54) is 82.8 Å². The minimum absolute atomic E-state index is 0. The maximum Gasteiger partial charge on any atom is 1.00 e. The van der Waals surface area contributed by atoms with E-state index in [0.29, 0.717) is 6.61 Å². The molecule has 0 atom stereocenters. The molecule has 34 heavy (non-hydrogen) atoms. The van der Waals surface area contributed by atoms with Crippen molar-refractivity contribution in [3.05, 3.63) is 23.8 Å². The van der Waals surface area contributed by atoms with Crippen LogP contribution in [-0.4, -0.2) is 50.9 Å². The SMILES string of the molecule is CCCCCCCCCCCCCCCCOc1ccc(C(=O)CN(C)C)cc1S(=O)(=O)[O-].[K+]. The molecule has 6 nitrogen and oxygen atoms in total. The van der Waals surface area contributed by atoms with Gasteiger partial charge in [-0.2, -0.15) is 0 Å². The molecule has 0 saturated heterocycles. The first-order valence-corrected chi connectivity index (χ1v) is 14.1. The fraction of sp³-hybridized carbons (Fsp3) is 0.731. The Balaban J connectivity index is 0.0000109. The molecule has 0 heterocycles. The van der Waals surface area contributed by atoms with Crippen molar-refractivity contribution in [2.24, 2.45) is 0 Å². The van der Waals surface area contributed by atoms with Crippen molar-refractivity contribution in [1.82, 2.24) is 4.90 Å². The Bertz CT molecular complexity index is 783. The number of hydrogen-bond acceptors (Lipinski definition) is 6. The van der Waals surface area contributed by atoms with Crippen LogP contribution in [0.2, 0.25) is 0 Å². The zero-order chi connectivity index (χ0) is 24.5. The van der Waals surface area contributed by atoms with Crippen LogP contribution in [0.3, 0.4) is 0 Å². The van der Waals surface area contributed by atoms with Gasteiger partial charge < -0.3 is 14.2 Å². The van der Waals surface area contributed by atoms with Gasteiger partial charge in [-0.25, -0.2) is 8.42 Å². The molecular weight excluding hydrogens is 477 g/mol. The zero-order valence-corrected chi connectivity index (χ0v) is 25.9. The smallest absolute Gasteiger partial charge is 0.744 e. The molecule has 0 radical (unpaired) electrons. The molecule has 0 aliphatic heterocycles. The van der Waals surface area contributed by atoms with E-state index < -0.39 is 15.0 Å². The Hall–Kier alpha value is 0.196.